The Kier molecular flexibility index (Phi) is 14.9. The highest BCUT2D eigenvalue weighted by Crippen LogP contribution is 2.39. The third-order valence-corrected chi connectivity index (χ3v) is 8.36. The normalized spacial score (nSPS) is 12.5. The van der Waals surface area contributed by atoms with Gasteiger partial charge in [-0.25, -0.2) is 19.2 Å². The van der Waals surface area contributed by atoms with E-state index in [9.17, 15) is 29.1 Å². The highest BCUT2D eigenvalue weighted by molar-refractivity contribution is 5.90. The van der Waals surface area contributed by atoms with Crippen LogP contribution < -0.4 is 30.2 Å². The molecule has 4 rings (SSSR count). The van der Waals surface area contributed by atoms with Crippen LogP contribution in [-0.4, -0.2) is 68.1 Å². The van der Waals surface area contributed by atoms with Gasteiger partial charge >= 0.3 is 24.1 Å². The summed E-state index contributed by atoms with van der Waals surface area (Å²) in [4.78, 5) is 65.2. The van der Waals surface area contributed by atoms with Gasteiger partial charge in [-0.2, -0.15) is 0 Å². The fraction of sp³-hybridized carbons (Fsp3) is 0.310. The predicted molar refractivity (Wildman–Crippen MR) is 207 cm³/mol. The van der Waals surface area contributed by atoms with Gasteiger partial charge in [-0.1, -0.05) is 66.7 Å². The highest BCUT2D eigenvalue weighted by atomic mass is 16.6. The first-order chi connectivity index (χ1) is 27.1. The molecule has 0 bridgehead atoms. The van der Waals surface area contributed by atoms with Crippen LogP contribution in [0.15, 0.2) is 91.0 Å². The van der Waals surface area contributed by atoms with Crippen LogP contribution in [-0.2, 0) is 41.6 Å². The van der Waals surface area contributed by atoms with Gasteiger partial charge in [-0.05, 0) is 74.2 Å². The van der Waals surface area contributed by atoms with E-state index in [0.29, 0.717) is 5.56 Å². The Morgan fingerprint density at radius 1 is 0.667 bits per heavy atom. The summed E-state index contributed by atoms with van der Waals surface area (Å²) in [6.07, 6.45) is -1.73. The lowest BCUT2D eigenvalue weighted by molar-refractivity contribution is -0.145. The second kappa shape index (κ2) is 19.7. The van der Waals surface area contributed by atoms with Crippen molar-refractivity contribution >= 4 is 30.0 Å². The maximum absolute atomic E-state index is 14.0. The van der Waals surface area contributed by atoms with Crippen LogP contribution in [0.5, 0.6) is 23.0 Å². The van der Waals surface area contributed by atoms with Gasteiger partial charge in [-0.3, -0.25) is 4.79 Å². The van der Waals surface area contributed by atoms with E-state index in [4.69, 9.17) is 28.4 Å². The van der Waals surface area contributed by atoms with Gasteiger partial charge in [-0.15, -0.1) is 0 Å². The summed E-state index contributed by atoms with van der Waals surface area (Å²) >= 11 is 0. The van der Waals surface area contributed by atoms with Crippen molar-refractivity contribution in [2.75, 3.05) is 21.3 Å². The number of alkyl carbamates (subject to hydrolysis) is 2. The molecule has 0 aromatic heterocycles. The average molecular weight is 786 g/mol. The molecule has 0 heterocycles. The van der Waals surface area contributed by atoms with Gasteiger partial charge in [0.2, 0.25) is 5.91 Å². The molecular formula is C42H47N3O12. The molecule has 0 fully saturated rings. The summed E-state index contributed by atoms with van der Waals surface area (Å²) < 4.78 is 33.2. The average Bonchev–Trinajstić information content (AvgIpc) is 3.18. The summed E-state index contributed by atoms with van der Waals surface area (Å²) in [6.45, 7) is 6.59. The van der Waals surface area contributed by atoms with Crippen LogP contribution in [0, 0.1) is 6.92 Å². The fourth-order valence-corrected chi connectivity index (χ4v) is 5.56. The third kappa shape index (κ3) is 12.4. The molecule has 0 aliphatic rings. The van der Waals surface area contributed by atoms with Crippen LogP contribution >= 0.6 is 0 Å². The van der Waals surface area contributed by atoms with Crippen LogP contribution in [0.25, 0.3) is 0 Å². The second-order valence-electron chi connectivity index (χ2n) is 13.7. The zero-order chi connectivity index (χ0) is 41.7. The van der Waals surface area contributed by atoms with Crippen molar-refractivity contribution in [3.63, 3.8) is 0 Å². The Balaban J connectivity index is 1.67. The lowest BCUT2D eigenvalue weighted by atomic mass is 10.0. The van der Waals surface area contributed by atoms with E-state index in [1.807, 2.05) is 12.1 Å². The van der Waals surface area contributed by atoms with Crippen LogP contribution in [0.1, 0.15) is 60.7 Å². The molecule has 0 unspecified atom stereocenters. The summed E-state index contributed by atoms with van der Waals surface area (Å²) in [6, 6.07) is 21.2. The Hall–Kier alpha value is -6.77. The minimum Gasteiger partial charge on any atom is -0.496 e. The van der Waals surface area contributed by atoms with Crippen molar-refractivity contribution in [3.8, 4) is 23.0 Å². The first-order valence-electron chi connectivity index (χ1n) is 17.8. The van der Waals surface area contributed by atoms with Crippen molar-refractivity contribution in [1.29, 1.82) is 0 Å². The smallest absolute Gasteiger partial charge is 0.408 e. The van der Waals surface area contributed by atoms with Gasteiger partial charge in [0, 0.05) is 12.0 Å². The number of benzene rings is 4. The van der Waals surface area contributed by atoms with E-state index >= 15 is 0 Å². The maximum Gasteiger partial charge on any atom is 0.408 e. The largest absolute Gasteiger partial charge is 0.496 e. The zero-order valence-corrected chi connectivity index (χ0v) is 32.7. The standard InChI is InChI=1S/C42H47N3O12/c1-25-32(53-6)22-29(23-33(25)56-34-21-28(18-19-31(34)52-5)35(38(47)48)45-41(51)57-42(2,3)4)36(39(49)54-7)44-37(46)30(20-26-14-10-8-11-15-26)43-40(50)55-24-27-16-12-9-13-17-27/h8-19,21-23,30,35-36H,20,24H2,1-7H3,(H,43,50)(H,44,46)(H,45,51)(H,47,48)/t30-,35-,36+/m1/s1. The molecule has 0 spiro atoms. The summed E-state index contributed by atoms with van der Waals surface area (Å²) in [7, 11) is 3.95. The highest BCUT2D eigenvalue weighted by Gasteiger charge is 2.31. The minimum absolute atomic E-state index is 0.0337. The number of amides is 3. The lowest BCUT2D eigenvalue weighted by Gasteiger charge is -2.24. The monoisotopic (exact) mass is 785 g/mol. The first kappa shape index (κ1) is 43.0. The minimum atomic E-state index is -1.53. The molecule has 4 aromatic carbocycles. The Morgan fingerprint density at radius 2 is 1.26 bits per heavy atom. The van der Waals surface area contributed by atoms with E-state index in [1.165, 1.54) is 44.6 Å². The number of carboxylic acids is 1. The number of carboxylic acid groups (broad SMARTS) is 1. The van der Waals surface area contributed by atoms with Crippen LogP contribution in [0.2, 0.25) is 0 Å². The van der Waals surface area contributed by atoms with Crippen molar-refractivity contribution in [2.24, 2.45) is 0 Å². The van der Waals surface area contributed by atoms with Crippen molar-refractivity contribution in [2.45, 2.75) is 64.4 Å². The van der Waals surface area contributed by atoms with E-state index in [-0.39, 0.29) is 47.2 Å². The molecule has 3 amide bonds. The Labute approximate surface area is 330 Å². The van der Waals surface area contributed by atoms with Crippen molar-refractivity contribution < 1.29 is 57.5 Å². The van der Waals surface area contributed by atoms with Crippen LogP contribution in [0.4, 0.5) is 9.59 Å². The van der Waals surface area contributed by atoms with Gasteiger partial charge in [0.1, 0.15) is 29.7 Å². The van der Waals surface area contributed by atoms with Gasteiger partial charge in [0.15, 0.2) is 23.6 Å². The van der Waals surface area contributed by atoms with Gasteiger partial charge < -0.3 is 49.5 Å². The summed E-state index contributed by atoms with van der Waals surface area (Å²) in [5.74, 6) is -2.28. The van der Waals surface area contributed by atoms with E-state index in [2.05, 4.69) is 16.0 Å². The molecule has 3 atom stereocenters. The second-order valence-corrected chi connectivity index (χ2v) is 13.7. The van der Waals surface area contributed by atoms with E-state index < -0.39 is 53.8 Å². The molecule has 0 saturated carbocycles. The molecule has 0 radical (unpaired) electrons. The SMILES string of the molecule is COC(=O)[C@@H](NC(=O)[C@@H](Cc1ccccc1)NC(=O)OCc1ccccc1)c1cc(OC)c(C)c(Oc2cc([C@@H](NC(=O)OC(C)(C)C)C(=O)O)ccc2OC)c1. The number of hydrogen-bond acceptors (Lipinski definition) is 11. The molecule has 0 aliphatic carbocycles. The summed E-state index contributed by atoms with van der Waals surface area (Å²) in [5.41, 5.74) is 1.38. The fourth-order valence-electron chi connectivity index (χ4n) is 5.56. The van der Waals surface area contributed by atoms with Crippen molar-refractivity contribution in [1.82, 2.24) is 16.0 Å². The van der Waals surface area contributed by atoms with E-state index in [0.717, 1.165) is 18.2 Å². The predicted octanol–water partition coefficient (Wildman–Crippen LogP) is 6.32. The number of hydrogen-bond donors (Lipinski definition) is 4. The molecule has 15 nitrogen and oxygen atoms in total. The Morgan fingerprint density at radius 3 is 1.84 bits per heavy atom. The number of carbonyl (C=O) groups is 5. The first-order valence-corrected chi connectivity index (χ1v) is 17.8. The molecule has 0 saturated heterocycles. The number of methoxy groups -OCH3 is 3. The van der Waals surface area contributed by atoms with E-state index in [1.54, 1.807) is 76.2 Å². The number of nitrogens with one attached hydrogen (secondary N) is 3. The molecule has 57 heavy (non-hydrogen) atoms. The Bertz CT molecular complexity index is 2030. The van der Waals surface area contributed by atoms with Crippen LogP contribution in [0.3, 0.4) is 0 Å². The quantitative estimate of drug-likeness (QED) is 0.0730. The third-order valence-electron chi connectivity index (χ3n) is 8.36. The number of ether oxygens (including phenoxy) is 6. The molecule has 0 aliphatic heterocycles. The number of rotatable bonds is 16. The number of aliphatic carboxylic acids is 1. The molecule has 15 heteroatoms. The topological polar surface area (TPSA) is 197 Å². The van der Waals surface area contributed by atoms with Crippen molar-refractivity contribution in [3.05, 3.63) is 119 Å². The number of carbonyl (C=O) groups excluding carboxylic acids is 4. The van der Waals surface area contributed by atoms with Gasteiger partial charge in [0.25, 0.3) is 0 Å². The molecule has 4 N–H and O–H groups in total. The lowest BCUT2D eigenvalue weighted by Crippen LogP contribution is -2.50. The summed E-state index contributed by atoms with van der Waals surface area (Å²) in [5, 5.41) is 17.7. The maximum atomic E-state index is 14.0. The molecule has 302 valence electrons. The molecule has 4 aromatic rings. The zero-order valence-electron chi connectivity index (χ0n) is 32.7. The van der Waals surface area contributed by atoms with Gasteiger partial charge in [0.05, 0.1) is 21.3 Å². The number of esters is 1. The molecular weight excluding hydrogens is 738 g/mol.